The van der Waals surface area contributed by atoms with E-state index >= 15 is 0 Å². The summed E-state index contributed by atoms with van der Waals surface area (Å²) in [4.78, 5) is 24.6. The Kier molecular flexibility index (Phi) is 5.65. The van der Waals surface area contributed by atoms with E-state index in [1.54, 1.807) is 38.6 Å². The minimum Gasteiger partial charge on any atom is -0.497 e. The van der Waals surface area contributed by atoms with Crippen molar-refractivity contribution in [3.05, 3.63) is 70.8 Å². The number of aromatic nitrogens is 4. The molecule has 3 aromatic rings. The summed E-state index contributed by atoms with van der Waals surface area (Å²) >= 11 is 0. The molecule has 1 N–H and O–H groups in total. The number of methoxy groups -OCH3 is 1. The van der Waals surface area contributed by atoms with E-state index in [1.807, 2.05) is 24.3 Å². The minimum atomic E-state index is -0.738. The third kappa shape index (κ3) is 4.41. The summed E-state index contributed by atoms with van der Waals surface area (Å²) in [6, 6.07) is 11.6. The third-order valence-electron chi connectivity index (χ3n) is 4.14. The molecule has 27 heavy (non-hydrogen) atoms. The van der Waals surface area contributed by atoms with Gasteiger partial charge in [0.2, 0.25) is 5.91 Å². The molecule has 2 aromatic heterocycles. The Morgan fingerprint density at radius 2 is 2.11 bits per heavy atom. The molecule has 0 saturated heterocycles. The van der Waals surface area contributed by atoms with Crippen molar-refractivity contribution in [1.29, 1.82) is 0 Å². The quantitative estimate of drug-likeness (QED) is 0.681. The summed E-state index contributed by atoms with van der Waals surface area (Å²) in [6.07, 6.45) is 3.99. The van der Waals surface area contributed by atoms with Crippen molar-refractivity contribution in [2.75, 3.05) is 13.7 Å². The second-order valence-corrected chi connectivity index (χ2v) is 5.99. The number of amides is 1. The Balaban J connectivity index is 1.65. The van der Waals surface area contributed by atoms with E-state index in [9.17, 15) is 9.59 Å². The molecule has 0 spiro atoms. The Morgan fingerprint density at radius 1 is 1.26 bits per heavy atom. The lowest BCUT2D eigenvalue weighted by Gasteiger charge is -2.15. The van der Waals surface area contributed by atoms with Crippen molar-refractivity contribution in [1.82, 2.24) is 24.9 Å². The summed E-state index contributed by atoms with van der Waals surface area (Å²) in [5.74, 6) is 0.971. The fourth-order valence-electron chi connectivity index (χ4n) is 2.64. The number of carbonyl (C=O) groups excluding carboxylic acids is 1. The molecule has 0 saturated carbocycles. The maximum atomic E-state index is 12.4. The van der Waals surface area contributed by atoms with Crippen LogP contribution in [0.3, 0.4) is 0 Å². The van der Waals surface area contributed by atoms with Crippen molar-refractivity contribution < 1.29 is 9.53 Å². The predicted molar refractivity (Wildman–Crippen MR) is 100 cm³/mol. The van der Waals surface area contributed by atoms with Crippen LogP contribution in [0.15, 0.2) is 59.7 Å². The zero-order valence-electron chi connectivity index (χ0n) is 15.2. The van der Waals surface area contributed by atoms with E-state index in [0.717, 1.165) is 16.0 Å². The largest absolute Gasteiger partial charge is 0.497 e. The van der Waals surface area contributed by atoms with Crippen LogP contribution in [-0.2, 0) is 11.2 Å². The molecule has 0 bridgehead atoms. The zero-order valence-corrected chi connectivity index (χ0v) is 15.2. The summed E-state index contributed by atoms with van der Waals surface area (Å²) < 4.78 is 7.89. The van der Waals surface area contributed by atoms with Crippen molar-refractivity contribution >= 4 is 5.91 Å². The standard InChI is InChI=1S/C19H21N5O3/c1-14(19(26)20-11-9-15-5-3-6-16(13-15)27-2)24-18(25)8-7-17(22-24)23-12-4-10-21-23/h3-8,10,12-14H,9,11H2,1-2H3,(H,20,26). The molecule has 0 aliphatic carbocycles. The predicted octanol–water partition coefficient (Wildman–Crippen LogP) is 1.36. The van der Waals surface area contributed by atoms with Crippen LogP contribution in [-0.4, -0.2) is 39.1 Å². The normalized spacial score (nSPS) is 11.8. The van der Waals surface area contributed by atoms with E-state index in [-0.39, 0.29) is 11.5 Å². The molecule has 8 heteroatoms. The van der Waals surface area contributed by atoms with E-state index < -0.39 is 6.04 Å². The molecule has 140 valence electrons. The maximum Gasteiger partial charge on any atom is 0.267 e. The van der Waals surface area contributed by atoms with Crippen LogP contribution < -0.4 is 15.6 Å². The molecule has 1 aromatic carbocycles. The monoisotopic (exact) mass is 367 g/mol. The lowest BCUT2D eigenvalue weighted by molar-refractivity contribution is -0.124. The highest BCUT2D eigenvalue weighted by molar-refractivity contribution is 5.79. The van der Waals surface area contributed by atoms with E-state index in [0.29, 0.717) is 18.8 Å². The average molecular weight is 367 g/mol. The molecule has 1 atom stereocenters. The number of benzene rings is 1. The van der Waals surface area contributed by atoms with Gasteiger partial charge in [0.05, 0.1) is 7.11 Å². The second-order valence-electron chi connectivity index (χ2n) is 5.99. The van der Waals surface area contributed by atoms with Crippen molar-refractivity contribution in [3.63, 3.8) is 0 Å². The Hall–Kier alpha value is -3.42. The van der Waals surface area contributed by atoms with Gasteiger partial charge in [0.25, 0.3) is 5.56 Å². The smallest absolute Gasteiger partial charge is 0.267 e. The van der Waals surface area contributed by atoms with Crippen LogP contribution in [0.1, 0.15) is 18.5 Å². The Bertz CT molecular complexity index is 965. The highest BCUT2D eigenvalue weighted by atomic mass is 16.5. The van der Waals surface area contributed by atoms with Crippen LogP contribution in [0.5, 0.6) is 5.75 Å². The number of rotatable bonds is 7. The summed E-state index contributed by atoms with van der Waals surface area (Å²) in [5.41, 5.74) is 0.708. The molecule has 8 nitrogen and oxygen atoms in total. The first kappa shape index (κ1) is 18.4. The molecule has 3 rings (SSSR count). The topological polar surface area (TPSA) is 91.0 Å². The lowest BCUT2D eigenvalue weighted by atomic mass is 10.1. The molecular weight excluding hydrogens is 346 g/mol. The number of nitrogens with one attached hydrogen (secondary N) is 1. The van der Waals surface area contributed by atoms with Gasteiger partial charge in [-0.25, -0.2) is 9.36 Å². The van der Waals surface area contributed by atoms with Gasteiger partial charge in [0.1, 0.15) is 11.8 Å². The van der Waals surface area contributed by atoms with E-state index in [1.165, 1.54) is 10.7 Å². The number of nitrogens with zero attached hydrogens (tertiary/aromatic N) is 4. The van der Waals surface area contributed by atoms with E-state index in [2.05, 4.69) is 15.5 Å². The van der Waals surface area contributed by atoms with Crippen LogP contribution in [0.4, 0.5) is 0 Å². The van der Waals surface area contributed by atoms with Gasteiger partial charge >= 0.3 is 0 Å². The van der Waals surface area contributed by atoms with E-state index in [4.69, 9.17) is 4.74 Å². The molecular formula is C19H21N5O3. The molecule has 0 radical (unpaired) electrons. The van der Waals surface area contributed by atoms with Gasteiger partial charge in [-0.3, -0.25) is 9.59 Å². The van der Waals surface area contributed by atoms with Crippen LogP contribution >= 0.6 is 0 Å². The zero-order chi connectivity index (χ0) is 19.2. The number of ether oxygens (including phenoxy) is 1. The van der Waals surface area contributed by atoms with Crippen molar-refractivity contribution in [3.8, 4) is 11.6 Å². The molecule has 1 unspecified atom stereocenters. The third-order valence-corrected chi connectivity index (χ3v) is 4.14. The maximum absolute atomic E-state index is 12.4. The first-order valence-electron chi connectivity index (χ1n) is 8.59. The van der Waals surface area contributed by atoms with Gasteiger partial charge in [0.15, 0.2) is 5.82 Å². The number of hydrogen-bond donors (Lipinski definition) is 1. The minimum absolute atomic E-state index is 0.273. The molecule has 0 aliphatic rings. The van der Waals surface area contributed by atoms with Gasteiger partial charge < -0.3 is 10.1 Å². The average Bonchev–Trinajstić information content (AvgIpc) is 3.22. The van der Waals surface area contributed by atoms with Gasteiger partial charge in [-0.1, -0.05) is 12.1 Å². The lowest BCUT2D eigenvalue weighted by Crippen LogP contribution is -2.38. The molecule has 2 heterocycles. The number of hydrogen-bond acceptors (Lipinski definition) is 5. The summed E-state index contributed by atoms with van der Waals surface area (Å²) in [6.45, 7) is 2.09. The van der Waals surface area contributed by atoms with Gasteiger partial charge in [-0.05, 0) is 43.2 Å². The Labute approximate surface area is 156 Å². The van der Waals surface area contributed by atoms with Crippen LogP contribution in [0, 0.1) is 0 Å². The summed E-state index contributed by atoms with van der Waals surface area (Å²) in [7, 11) is 1.62. The van der Waals surface area contributed by atoms with Gasteiger partial charge in [-0.2, -0.15) is 5.10 Å². The second kappa shape index (κ2) is 8.31. The first-order valence-corrected chi connectivity index (χ1v) is 8.59. The first-order chi connectivity index (χ1) is 13.1. The highest BCUT2D eigenvalue weighted by Crippen LogP contribution is 2.12. The molecule has 0 aliphatic heterocycles. The van der Waals surface area contributed by atoms with Crippen molar-refractivity contribution in [2.45, 2.75) is 19.4 Å². The van der Waals surface area contributed by atoms with Crippen molar-refractivity contribution in [2.24, 2.45) is 0 Å². The fourth-order valence-corrected chi connectivity index (χ4v) is 2.64. The SMILES string of the molecule is COc1cccc(CCNC(=O)C(C)n2nc(-n3cccn3)ccc2=O)c1. The van der Waals surface area contributed by atoms with Gasteiger partial charge in [-0.15, -0.1) is 5.10 Å². The summed E-state index contributed by atoms with van der Waals surface area (Å²) in [5, 5.41) is 11.2. The van der Waals surface area contributed by atoms with Crippen LogP contribution in [0.25, 0.3) is 5.82 Å². The molecule has 1 amide bonds. The number of carbonyl (C=O) groups is 1. The fraction of sp³-hybridized carbons (Fsp3) is 0.263. The van der Waals surface area contributed by atoms with Crippen LogP contribution in [0.2, 0.25) is 0 Å². The molecule has 0 fully saturated rings. The highest BCUT2D eigenvalue weighted by Gasteiger charge is 2.17. The van der Waals surface area contributed by atoms with Gasteiger partial charge in [0, 0.05) is 25.0 Å². The Morgan fingerprint density at radius 3 is 2.85 bits per heavy atom.